The standard InChI is InChI=1S/C29H28F6N6O3S/c1-17-6-4-5-7-21(17)25-24(28(31,32)29(33,34)35)26(38-27(37-25)39-45(42,43)20-15-36-41(3)16-20)44-19-8-9-23(30)22(14-19)18-10-12-40(2)13-11-18/h4-9,14-16,18H,10-13H2,1-3H3,(H,37,38,39). The highest BCUT2D eigenvalue weighted by Gasteiger charge is 2.62. The van der Waals surface area contributed by atoms with Crippen molar-refractivity contribution in [2.45, 2.75) is 42.7 Å². The fraction of sp³-hybridized carbons (Fsp3) is 0.345. The molecule has 0 amide bonds. The van der Waals surface area contributed by atoms with Crippen LogP contribution in [0.15, 0.2) is 59.8 Å². The van der Waals surface area contributed by atoms with Crippen LogP contribution in [0.25, 0.3) is 11.3 Å². The molecule has 9 nitrogen and oxygen atoms in total. The van der Waals surface area contributed by atoms with Gasteiger partial charge >= 0.3 is 12.1 Å². The summed E-state index contributed by atoms with van der Waals surface area (Å²) < 4.78 is 123. The predicted octanol–water partition coefficient (Wildman–Crippen LogP) is 6.38. The van der Waals surface area contributed by atoms with Crippen molar-refractivity contribution in [1.29, 1.82) is 0 Å². The summed E-state index contributed by atoms with van der Waals surface area (Å²) in [5.41, 5.74) is -2.35. The third kappa shape index (κ3) is 6.61. The molecule has 0 bridgehead atoms. The molecule has 1 aliphatic heterocycles. The van der Waals surface area contributed by atoms with E-state index in [1.54, 1.807) is 0 Å². The third-order valence-corrected chi connectivity index (χ3v) is 8.79. The fourth-order valence-corrected chi connectivity index (χ4v) is 5.99. The lowest BCUT2D eigenvalue weighted by Crippen LogP contribution is -2.35. The van der Waals surface area contributed by atoms with E-state index in [0.717, 1.165) is 24.5 Å². The Balaban J connectivity index is 1.71. The van der Waals surface area contributed by atoms with Crippen LogP contribution in [0.1, 0.15) is 35.4 Å². The molecule has 2 aromatic carbocycles. The van der Waals surface area contributed by atoms with Crippen molar-refractivity contribution in [2.24, 2.45) is 7.05 Å². The van der Waals surface area contributed by atoms with Crippen molar-refractivity contribution in [2.75, 3.05) is 24.9 Å². The van der Waals surface area contributed by atoms with E-state index in [-0.39, 0.29) is 33.3 Å². The third-order valence-electron chi connectivity index (χ3n) is 7.50. The SMILES string of the molecule is Cc1ccccc1-c1nc(NS(=O)(=O)c2cnn(C)c2)nc(Oc2ccc(F)c(C3CCN(C)CC3)c2)c1C(F)(F)C(F)(F)F. The van der Waals surface area contributed by atoms with Crippen molar-refractivity contribution in [3.05, 3.63) is 77.4 Å². The number of ether oxygens (including phenoxy) is 1. The lowest BCUT2D eigenvalue weighted by atomic mass is 9.89. The lowest BCUT2D eigenvalue weighted by molar-refractivity contribution is -0.289. The molecule has 5 rings (SSSR count). The number of aromatic nitrogens is 4. The van der Waals surface area contributed by atoms with Crippen molar-refractivity contribution < 1.29 is 39.5 Å². The monoisotopic (exact) mass is 654 g/mol. The fourth-order valence-electron chi connectivity index (χ4n) is 5.06. The Morgan fingerprint density at radius 2 is 1.69 bits per heavy atom. The minimum atomic E-state index is -6.12. The van der Waals surface area contributed by atoms with Gasteiger partial charge in [0.1, 0.15) is 22.0 Å². The first kappa shape index (κ1) is 32.2. The highest BCUT2D eigenvalue weighted by Crippen LogP contribution is 2.51. The van der Waals surface area contributed by atoms with Crippen LogP contribution in [0.5, 0.6) is 11.6 Å². The molecule has 45 heavy (non-hydrogen) atoms. The van der Waals surface area contributed by atoms with Crippen molar-refractivity contribution in [3.8, 4) is 22.9 Å². The number of hydrogen-bond acceptors (Lipinski definition) is 7. The minimum absolute atomic E-state index is 0.156. The van der Waals surface area contributed by atoms with Gasteiger partial charge < -0.3 is 9.64 Å². The highest BCUT2D eigenvalue weighted by atomic mass is 32.2. The molecule has 0 atom stereocenters. The normalized spacial score (nSPS) is 15.3. The average Bonchev–Trinajstić information content (AvgIpc) is 3.41. The molecule has 240 valence electrons. The predicted molar refractivity (Wildman–Crippen MR) is 152 cm³/mol. The largest absolute Gasteiger partial charge is 0.458 e. The van der Waals surface area contributed by atoms with Crippen molar-refractivity contribution in [3.63, 3.8) is 0 Å². The summed E-state index contributed by atoms with van der Waals surface area (Å²) in [6.45, 7) is 2.80. The van der Waals surface area contributed by atoms with Gasteiger partial charge in [-0.1, -0.05) is 24.3 Å². The number of alkyl halides is 5. The van der Waals surface area contributed by atoms with Crippen LogP contribution in [0.2, 0.25) is 0 Å². The van der Waals surface area contributed by atoms with Gasteiger partial charge in [0.05, 0.1) is 11.9 Å². The number of halogens is 6. The molecule has 4 aromatic rings. The summed E-state index contributed by atoms with van der Waals surface area (Å²) in [5, 5.41) is 3.78. The van der Waals surface area contributed by atoms with Crippen molar-refractivity contribution >= 4 is 16.0 Å². The van der Waals surface area contributed by atoms with Crippen molar-refractivity contribution in [1.82, 2.24) is 24.6 Å². The Morgan fingerprint density at radius 1 is 1.00 bits per heavy atom. The maximum atomic E-state index is 15.4. The van der Waals surface area contributed by atoms with E-state index in [2.05, 4.69) is 20.0 Å². The van der Waals surface area contributed by atoms with Gasteiger partial charge in [-0.3, -0.25) is 4.68 Å². The summed E-state index contributed by atoms with van der Waals surface area (Å²) in [4.78, 5) is 9.30. The van der Waals surface area contributed by atoms with Crippen LogP contribution >= 0.6 is 0 Å². The van der Waals surface area contributed by atoms with E-state index in [1.165, 1.54) is 49.0 Å². The van der Waals surface area contributed by atoms with Gasteiger partial charge in [0, 0.05) is 18.8 Å². The van der Waals surface area contributed by atoms with Gasteiger partial charge in [-0.25, -0.2) is 22.5 Å². The maximum absolute atomic E-state index is 15.4. The number of piperidine rings is 1. The van der Waals surface area contributed by atoms with Gasteiger partial charge in [0.25, 0.3) is 10.0 Å². The summed E-state index contributed by atoms with van der Waals surface area (Å²) in [5.74, 6) is -8.79. The van der Waals surface area contributed by atoms with E-state index in [1.807, 2.05) is 11.8 Å². The lowest BCUT2D eigenvalue weighted by Gasteiger charge is -2.29. The smallest absolute Gasteiger partial charge is 0.438 e. The quantitative estimate of drug-likeness (QED) is 0.220. The summed E-state index contributed by atoms with van der Waals surface area (Å²) in [6, 6.07) is 8.98. The van der Waals surface area contributed by atoms with Crippen LogP contribution in [-0.4, -0.2) is 59.4 Å². The summed E-state index contributed by atoms with van der Waals surface area (Å²) in [6.07, 6.45) is -2.82. The number of anilines is 1. The van der Waals surface area contributed by atoms with Gasteiger partial charge in [0.2, 0.25) is 11.8 Å². The Hall–Kier alpha value is -4.18. The molecule has 0 saturated carbocycles. The first-order chi connectivity index (χ1) is 21.1. The number of nitrogens with one attached hydrogen (secondary N) is 1. The minimum Gasteiger partial charge on any atom is -0.438 e. The number of aryl methyl sites for hydroxylation is 2. The molecular weight excluding hydrogens is 626 g/mol. The molecule has 3 heterocycles. The molecule has 1 fully saturated rings. The maximum Gasteiger partial charge on any atom is 0.458 e. The molecule has 2 aromatic heterocycles. The number of benzene rings is 2. The van der Waals surface area contributed by atoms with E-state index in [9.17, 15) is 26.0 Å². The van der Waals surface area contributed by atoms with Gasteiger partial charge in [-0.05, 0) is 75.1 Å². The van der Waals surface area contributed by atoms with E-state index < -0.39 is 51.0 Å². The summed E-state index contributed by atoms with van der Waals surface area (Å²) >= 11 is 0. The average molecular weight is 655 g/mol. The topological polar surface area (TPSA) is 102 Å². The summed E-state index contributed by atoms with van der Waals surface area (Å²) in [7, 11) is -1.11. The zero-order valence-corrected chi connectivity index (χ0v) is 25.1. The molecule has 0 spiro atoms. The van der Waals surface area contributed by atoms with E-state index in [0.29, 0.717) is 25.9 Å². The van der Waals surface area contributed by atoms with Crippen LogP contribution in [-0.2, 0) is 23.0 Å². The second kappa shape index (κ2) is 12.0. The Morgan fingerprint density at radius 3 is 2.31 bits per heavy atom. The Bertz CT molecular complexity index is 1820. The van der Waals surface area contributed by atoms with Crippen LogP contribution in [0.4, 0.5) is 32.3 Å². The molecule has 1 saturated heterocycles. The number of likely N-dealkylation sites (tertiary alicyclic amines) is 1. The first-order valence-electron chi connectivity index (χ1n) is 13.7. The zero-order valence-electron chi connectivity index (χ0n) is 24.2. The van der Waals surface area contributed by atoms with E-state index >= 15 is 8.78 Å². The zero-order chi connectivity index (χ0) is 32.7. The molecule has 0 aliphatic carbocycles. The molecule has 0 unspecified atom stereocenters. The molecule has 16 heteroatoms. The van der Waals surface area contributed by atoms with Crippen LogP contribution < -0.4 is 9.46 Å². The van der Waals surface area contributed by atoms with Gasteiger partial charge in [0.15, 0.2) is 0 Å². The Kier molecular flexibility index (Phi) is 8.57. The second-order valence-corrected chi connectivity index (χ2v) is 12.5. The van der Waals surface area contributed by atoms with Gasteiger partial charge in [-0.2, -0.15) is 32.0 Å². The number of rotatable bonds is 8. The number of sulfonamides is 1. The second-order valence-electron chi connectivity index (χ2n) is 10.8. The van der Waals surface area contributed by atoms with Crippen LogP contribution in [0.3, 0.4) is 0 Å². The van der Waals surface area contributed by atoms with Gasteiger partial charge in [-0.15, -0.1) is 0 Å². The number of nitrogens with zero attached hydrogens (tertiary/aromatic N) is 5. The number of hydrogen-bond donors (Lipinski definition) is 1. The molecular formula is C29H28F6N6O3S. The highest BCUT2D eigenvalue weighted by molar-refractivity contribution is 7.92. The first-order valence-corrected chi connectivity index (χ1v) is 15.2. The molecule has 1 N–H and O–H groups in total. The molecule has 1 aliphatic rings. The van der Waals surface area contributed by atoms with E-state index in [4.69, 9.17) is 4.74 Å². The Labute approximate surface area is 254 Å². The van der Waals surface area contributed by atoms with Crippen LogP contribution in [0, 0.1) is 12.7 Å². The molecule has 0 radical (unpaired) electrons.